The van der Waals surface area contributed by atoms with Gasteiger partial charge in [-0.25, -0.2) is 18.7 Å². The summed E-state index contributed by atoms with van der Waals surface area (Å²) < 4.78 is 28.0. The van der Waals surface area contributed by atoms with E-state index in [-0.39, 0.29) is 17.3 Å². The van der Waals surface area contributed by atoms with Crippen molar-refractivity contribution in [3.05, 3.63) is 47.8 Å². The van der Waals surface area contributed by atoms with Gasteiger partial charge in [-0.2, -0.15) is 5.26 Å². The molecule has 1 aliphatic heterocycles. The molecule has 0 spiro atoms. The molecule has 2 heterocycles. The van der Waals surface area contributed by atoms with Gasteiger partial charge in [-0.05, 0) is 31.0 Å². The van der Waals surface area contributed by atoms with Crippen molar-refractivity contribution in [3.63, 3.8) is 0 Å². The Bertz CT molecular complexity index is 706. The zero-order valence-corrected chi connectivity index (χ0v) is 12.3. The van der Waals surface area contributed by atoms with Crippen molar-refractivity contribution in [2.75, 3.05) is 23.3 Å². The maximum Gasteiger partial charge on any atom is 0.225 e. The standard InChI is InChI=1S/C16H15F2N5/c17-13-7-11(9-19)8-14(18)15(13)22-12-3-1-6-23(10-12)16-20-4-2-5-21-16/h2,4-5,7-8,12,22H,1,3,6,10H2. The van der Waals surface area contributed by atoms with Crippen LogP contribution in [-0.4, -0.2) is 29.1 Å². The molecule has 7 heteroatoms. The highest BCUT2D eigenvalue weighted by Gasteiger charge is 2.23. The maximum atomic E-state index is 14.0. The summed E-state index contributed by atoms with van der Waals surface area (Å²) >= 11 is 0. The quantitative estimate of drug-likeness (QED) is 0.943. The summed E-state index contributed by atoms with van der Waals surface area (Å²) in [5.41, 5.74) is -0.224. The molecule has 0 aliphatic carbocycles. The molecule has 5 nitrogen and oxygen atoms in total. The van der Waals surface area contributed by atoms with Gasteiger partial charge in [0.25, 0.3) is 0 Å². The SMILES string of the molecule is N#Cc1cc(F)c(NC2CCCN(c3ncccn3)C2)c(F)c1. The molecule has 1 aromatic heterocycles. The van der Waals surface area contributed by atoms with E-state index in [1.165, 1.54) is 0 Å². The lowest BCUT2D eigenvalue weighted by atomic mass is 10.1. The van der Waals surface area contributed by atoms with Gasteiger partial charge in [0.2, 0.25) is 5.95 Å². The number of halogens is 2. The Morgan fingerprint density at radius 3 is 2.57 bits per heavy atom. The number of rotatable bonds is 3. The van der Waals surface area contributed by atoms with Crippen molar-refractivity contribution >= 4 is 11.6 Å². The van der Waals surface area contributed by atoms with Crippen molar-refractivity contribution in [1.29, 1.82) is 5.26 Å². The molecule has 1 unspecified atom stereocenters. The first-order valence-electron chi connectivity index (χ1n) is 7.35. The fraction of sp³-hybridized carbons (Fsp3) is 0.312. The van der Waals surface area contributed by atoms with Gasteiger partial charge in [0, 0.05) is 31.5 Å². The molecule has 1 N–H and O–H groups in total. The van der Waals surface area contributed by atoms with E-state index in [2.05, 4.69) is 15.3 Å². The molecular formula is C16H15F2N5. The van der Waals surface area contributed by atoms with Crippen LogP contribution in [0.2, 0.25) is 0 Å². The number of hydrogen-bond donors (Lipinski definition) is 1. The highest BCUT2D eigenvalue weighted by molar-refractivity contribution is 5.51. The number of aromatic nitrogens is 2. The highest BCUT2D eigenvalue weighted by atomic mass is 19.1. The molecule has 0 bridgehead atoms. The fourth-order valence-corrected chi connectivity index (χ4v) is 2.71. The molecule has 0 amide bonds. The van der Waals surface area contributed by atoms with Crippen LogP contribution < -0.4 is 10.2 Å². The van der Waals surface area contributed by atoms with Gasteiger partial charge in [0.15, 0.2) is 11.6 Å². The summed E-state index contributed by atoms with van der Waals surface area (Å²) in [6.45, 7) is 1.36. The van der Waals surface area contributed by atoms with E-state index < -0.39 is 11.6 Å². The Kier molecular flexibility index (Phi) is 4.33. The molecule has 0 radical (unpaired) electrons. The summed E-state index contributed by atoms with van der Waals surface area (Å²) in [5.74, 6) is -0.899. The van der Waals surface area contributed by atoms with E-state index in [9.17, 15) is 8.78 Å². The van der Waals surface area contributed by atoms with Crippen molar-refractivity contribution in [3.8, 4) is 6.07 Å². The first-order chi connectivity index (χ1) is 11.2. The largest absolute Gasteiger partial charge is 0.376 e. The third-order valence-corrected chi connectivity index (χ3v) is 3.78. The van der Waals surface area contributed by atoms with E-state index in [0.29, 0.717) is 12.5 Å². The minimum atomic E-state index is -0.755. The molecule has 1 fully saturated rings. The zero-order valence-electron chi connectivity index (χ0n) is 12.3. The minimum absolute atomic E-state index is 0.0338. The normalized spacial score (nSPS) is 17.6. The molecule has 1 atom stereocenters. The lowest BCUT2D eigenvalue weighted by molar-refractivity contribution is 0.512. The van der Waals surface area contributed by atoms with Gasteiger partial charge in [-0.15, -0.1) is 0 Å². The van der Waals surface area contributed by atoms with Crippen LogP contribution in [0.5, 0.6) is 0 Å². The molecule has 1 saturated heterocycles. The number of benzene rings is 1. The van der Waals surface area contributed by atoms with Gasteiger partial charge in [0.1, 0.15) is 5.69 Å². The van der Waals surface area contributed by atoms with Crippen molar-refractivity contribution in [2.45, 2.75) is 18.9 Å². The predicted octanol–water partition coefficient (Wildman–Crippen LogP) is 2.71. The third-order valence-electron chi connectivity index (χ3n) is 3.78. The van der Waals surface area contributed by atoms with Crippen molar-refractivity contribution in [1.82, 2.24) is 9.97 Å². The van der Waals surface area contributed by atoms with Crippen LogP contribution >= 0.6 is 0 Å². The van der Waals surface area contributed by atoms with E-state index in [4.69, 9.17) is 5.26 Å². The maximum absolute atomic E-state index is 14.0. The van der Waals surface area contributed by atoms with E-state index in [0.717, 1.165) is 31.5 Å². The molecule has 23 heavy (non-hydrogen) atoms. The van der Waals surface area contributed by atoms with Gasteiger partial charge in [-0.3, -0.25) is 0 Å². The molecule has 118 valence electrons. The van der Waals surface area contributed by atoms with Gasteiger partial charge < -0.3 is 10.2 Å². The third kappa shape index (κ3) is 3.37. The summed E-state index contributed by atoms with van der Waals surface area (Å²) in [7, 11) is 0. The molecule has 1 aliphatic rings. The zero-order chi connectivity index (χ0) is 16.2. The van der Waals surface area contributed by atoms with E-state index >= 15 is 0 Å². The Balaban J connectivity index is 1.75. The molecule has 0 saturated carbocycles. The monoisotopic (exact) mass is 315 g/mol. The van der Waals surface area contributed by atoms with Crippen LogP contribution in [0.4, 0.5) is 20.4 Å². The summed E-state index contributed by atoms with van der Waals surface area (Å²) in [5, 5.41) is 11.6. The van der Waals surface area contributed by atoms with Crippen LogP contribution in [0.1, 0.15) is 18.4 Å². The number of nitriles is 1. The second kappa shape index (κ2) is 6.57. The Morgan fingerprint density at radius 1 is 1.22 bits per heavy atom. The van der Waals surface area contributed by atoms with Gasteiger partial charge >= 0.3 is 0 Å². The highest BCUT2D eigenvalue weighted by Crippen LogP contribution is 2.24. The average molecular weight is 315 g/mol. The second-order valence-corrected chi connectivity index (χ2v) is 5.40. The molecule has 2 aromatic rings. The molecule has 3 rings (SSSR count). The first kappa shape index (κ1) is 15.2. The number of hydrogen-bond acceptors (Lipinski definition) is 5. The van der Waals surface area contributed by atoms with E-state index in [1.54, 1.807) is 24.5 Å². The Labute approximate surface area is 132 Å². The van der Waals surface area contributed by atoms with Crippen LogP contribution in [0.3, 0.4) is 0 Å². The van der Waals surface area contributed by atoms with Gasteiger partial charge in [-0.1, -0.05) is 0 Å². The smallest absolute Gasteiger partial charge is 0.225 e. The van der Waals surface area contributed by atoms with Crippen LogP contribution in [0.15, 0.2) is 30.6 Å². The second-order valence-electron chi connectivity index (χ2n) is 5.40. The molecular weight excluding hydrogens is 300 g/mol. The Morgan fingerprint density at radius 2 is 1.91 bits per heavy atom. The minimum Gasteiger partial charge on any atom is -0.376 e. The average Bonchev–Trinajstić information content (AvgIpc) is 2.59. The van der Waals surface area contributed by atoms with Crippen molar-refractivity contribution in [2.24, 2.45) is 0 Å². The fourth-order valence-electron chi connectivity index (χ4n) is 2.71. The summed E-state index contributed by atoms with van der Waals surface area (Å²) in [6, 6.07) is 5.42. The topological polar surface area (TPSA) is 64.8 Å². The van der Waals surface area contributed by atoms with Gasteiger partial charge in [0.05, 0.1) is 11.6 Å². The summed E-state index contributed by atoms with van der Waals surface area (Å²) in [6.07, 6.45) is 5.00. The van der Waals surface area contributed by atoms with Crippen molar-refractivity contribution < 1.29 is 8.78 Å². The molecule has 1 aromatic carbocycles. The van der Waals surface area contributed by atoms with Crippen LogP contribution in [0.25, 0.3) is 0 Å². The predicted molar refractivity (Wildman–Crippen MR) is 82.0 cm³/mol. The number of piperidine rings is 1. The lowest BCUT2D eigenvalue weighted by Gasteiger charge is -2.33. The van der Waals surface area contributed by atoms with E-state index in [1.807, 2.05) is 4.90 Å². The number of anilines is 2. The van der Waals surface area contributed by atoms with Crippen LogP contribution in [0, 0.1) is 23.0 Å². The number of nitrogens with one attached hydrogen (secondary N) is 1. The lowest BCUT2D eigenvalue weighted by Crippen LogP contribution is -2.43. The first-order valence-corrected chi connectivity index (χ1v) is 7.35. The number of nitrogens with zero attached hydrogens (tertiary/aromatic N) is 4. The summed E-state index contributed by atoms with van der Waals surface area (Å²) in [4.78, 5) is 10.4. The Hall–Kier alpha value is -2.75. The van der Waals surface area contributed by atoms with Crippen LogP contribution in [-0.2, 0) is 0 Å².